The summed E-state index contributed by atoms with van der Waals surface area (Å²) in [5.41, 5.74) is 9.68. The minimum Gasteiger partial charge on any atom is -0.455 e. The van der Waals surface area contributed by atoms with Gasteiger partial charge < -0.3 is 4.42 Å². The van der Waals surface area contributed by atoms with Crippen LogP contribution in [-0.4, -0.2) is 24.1 Å². The van der Waals surface area contributed by atoms with Gasteiger partial charge >= 0.3 is 0 Å². The highest BCUT2D eigenvalue weighted by Gasteiger charge is 2.20. The zero-order valence-corrected chi connectivity index (χ0v) is 25.1. The van der Waals surface area contributed by atoms with Gasteiger partial charge in [0, 0.05) is 39.2 Å². The van der Waals surface area contributed by atoms with E-state index >= 15 is 0 Å². The number of hydrogen-bond acceptors (Lipinski definition) is 4. The molecule has 4 heterocycles. The summed E-state index contributed by atoms with van der Waals surface area (Å²) in [6.45, 7) is 0. The smallest absolute Gasteiger partial charge is 0.235 e. The number of aromatic nitrogens is 5. The first-order valence-corrected chi connectivity index (χ1v) is 15.6. The van der Waals surface area contributed by atoms with Gasteiger partial charge in [-0.1, -0.05) is 84.9 Å². The zero-order chi connectivity index (χ0) is 30.9. The van der Waals surface area contributed by atoms with Crippen molar-refractivity contribution in [3.05, 3.63) is 152 Å². The third-order valence-electron chi connectivity index (χ3n) is 9.01. The van der Waals surface area contributed by atoms with E-state index < -0.39 is 0 Å². The van der Waals surface area contributed by atoms with Crippen molar-refractivity contribution in [2.45, 2.75) is 0 Å². The molecule has 10 aromatic rings. The lowest BCUT2D eigenvalue weighted by Crippen LogP contribution is -2.02. The highest BCUT2D eigenvalue weighted by molar-refractivity contribution is 6.23. The Hall–Kier alpha value is -6.53. The average Bonchev–Trinajstić information content (AvgIpc) is 3.82. The van der Waals surface area contributed by atoms with E-state index in [9.17, 15) is 0 Å². The van der Waals surface area contributed by atoms with Crippen LogP contribution in [0.4, 0.5) is 0 Å². The second-order valence-electron chi connectivity index (χ2n) is 11.7. The topological polar surface area (TPSA) is 61.7 Å². The summed E-state index contributed by atoms with van der Waals surface area (Å²) < 4.78 is 10.8. The number of hydrogen-bond donors (Lipinski definition) is 0. The minimum absolute atomic E-state index is 0.603. The predicted molar refractivity (Wildman–Crippen MR) is 189 cm³/mol. The standard InChI is InChI=1S/C41H25N5O/c1-2-13-28(14-3-1)45-35-19-8-6-17-33(35)43-40(45)27-12-10-11-26(25-27)32-23-24-42-41(44-32)46-34-18-7-4-16-31(34)38-36(46)22-21-30-29-15-5-9-20-37(29)47-39(30)38/h1-25H. The van der Waals surface area contributed by atoms with Crippen molar-refractivity contribution in [1.29, 1.82) is 0 Å². The molecule has 0 unspecified atom stereocenters. The number of fused-ring (bicyclic) bond motifs is 8. The van der Waals surface area contributed by atoms with Crippen LogP contribution in [0.15, 0.2) is 156 Å². The van der Waals surface area contributed by atoms with Gasteiger partial charge in [0.1, 0.15) is 17.0 Å². The number of furan rings is 1. The SMILES string of the molecule is c1ccc(-n2c(-c3cccc(-c4ccnc(-n5c6ccccc6c6c7oc8ccccc8c7ccc65)n4)c3)nc3ccccc32)cc1. The molecule has 0 saturated heterocycles. The van der Waals surface area contributed by atoms with Crippen LogP contribution in [0.2, 0.25) is 0 Å². The molecule has 0 fully saturated rings. The molecule has 6 nitrogen and oxygen atoms in total. The molecule has 6 aromatic carbocycles. The molecule has 6 heteroatoms. The van der Waals surface area contributed by atoms with Crippen molar-refractivity contribution in [1.82, 2.24) is 24.1 Å². The Balaban J connectivity index is 1.15. The van der Waals surface area contributed by atoms with Crippen LogP contribution in [0.25, 0.3) is 89.1 Å². The van der Waals surface area contributed by atoms with Crippen molar-refractivity contribution in [2.75, 3.05) is 0 Å². The van der Waals surface area contributed by atoms with Gasteiger partial charge in [-0.2, -0.15) is 0 Å². The Morgan fingerprint density at radius 3 is 2.19 bits per heavy atom. The van der Waals surface area contributed by atoms with E-state index in [4.69, 9.17) is 19.4 Å². The van der Waals surface area contributed by atoms with Crippen molar-refractivity contribution in [3.8, 4) is 34.3 Å². The van der Waals surface area contributed by atoms with Crippen LogP contribution >= 0.6 is 0 Å². The largest absolute Gasteiger partial charge is 0.455 e. The van der Waals surface area contributed by atoms with Crippen LogP contribution in [0.1, 0.15) is 0 Å². The molecule has 4 aromatic heterocycles. The lowest BCUT2D eigenvalue weighted by molar-refractivity contribution is 0.673. The molecular formula is C41H25N5O. The molecule has 220 valence electrons. The molecule has 0 radical (unpaired) electrons. The molecule has 10 rings (SSSR count). The molecule has 0 saturated carbocycles. The molecule has 0 bridgehead atoms. The lowest BCUT2D eigenvalue weighted by Gasteiger charge is -2.11. The van der Waals surface area contributed by atoms with E-state index in [0.717, 1.165) is 83.1 Å². The van der Waals surface area contributed by atoms with Crippen LogP contribution in [-0.2, 0) is 0 Å². The van der Waals surface area contributed by atoms with Gasteiger partial charge in [0.15, 0.2) is 0 Å². The molecule has 47 heavy (non-hydrogen) atoms. The monoisotopic (exact) mass is 603 g/mol. The van der Waals surface area contributed by atoms with E-state index in [2.05, 4.69) is 124 Å². The Bertz CT molecular complexity index is 2810. The lowest BCUT2D eigenvalue weighted by atomic mass is 10.1. The van der Waals surface area contributed by atoms with Crippen LogP contribution in [0, 0.1) is 0 Å². The first-order chi connectivity index (χ1) is 23.3. The number of imidazole rings is 1. The molecular weight excluding hydrogens is 578 g/mol. The van der Waals surface area contributed by atoms with Crippen LogP contribution in [0.3, 0.4) is 0 Å². The number of para-hydroxylation sites is 5. The number of rotatable bonds is 4. The van der Waals surface area contributed by atoms with E-state index in [-0.39, 0.29) is 0 Å². The summed E-state index contributed by atoms with van der Waals surface area (Å²) in [5, 5.41) is 4.37. The van der Waals surface area contributed by atoms with Gasteiger partial charge in [-0.05, 0) is 60.7 Å². The molecule has 0 spiro atoms. The minimum atomic E-state index is 0.603. The number of benzene rings is 6. The Morgan fingerprint density at radius 2 is 1.28 bits per heavy atom. The Labute approximate surface area is 268 Å². The van der Waals surface area contributed by atoms with Gasteiger partial charge in [0.25, 0.3) is 0 Å². The van der Waals surface area contributed by atoms with Crippen LogP contribution in [0.5, 0.6) is 0 Å². The third kappa shape index (κ3) is 3.88. The highest BCUT2D eigenvalue weighted by atomic mass is 16.3. The Kier molecular flexibility index (Phi) is 5.48. The summed E-state index contributed by atoms with van der Waals surface area (Å²) >= 11 is 0. The van der Waals surface area contributed by atoms with Gasteiger partial charge in [-0.15, -0.1) is 0 Å². The van der Waals surface area contributed by atoms with Crippen molar-refractivity contribution in [3.63, 3.8) is 0 Å². The highest BCUT2D eigenvalue weighted by Crippen LogP contribution is 2.40. The average molecular weight is 604 g/mol. The summed E-state index contributed by atoms with van der Waals surface area (Å²) in [7, 11) is 0. The maximum Gasteiger partial charge on any atom is 0.235 e. The fourth-order valence-corrected chi connectivity index (χ4v) is 6.94. The van der Waals surface area contributed by atoms with E-state index in [0.29, 0.717) is 5.95 Å². The second kappa shape index (κ2) is 9.99. The zero-order valence-electron chi connectivity index (χ0n) is 25.1. The van der Waals surface area contributed by atoms with E-state index in [1.807, 2.05) is 36.5 Å². The van der Waals surface area contributed by atoms with Gasteiger partial charge in [-0.25, -0.2) is 15.0 Å². The summed E-state index contributed by atoms with van der Waals surface area (Å²) in [4.78, 5) is 15.0. The fraction of sp³-hybridized carbons (Fsp3) is 0. The summed E-state index contributed by atoms with van der Waals surface area (Å²) in [5.74, 6) is 1.48. The maximum absolute atomic E-state index is 6.47. The maximum atomic E-state index is 6.47. The molecule has 0 aliphatic carbocycles. The van der Waals surface area contributed by atoms with Gasteiger partial charge in [-0.3, -0.25) is 9.13 Å². The molecule has 0 aliphatic rings. The van der Waals surface area contributed by atoms with Gasteiger partial charge in [0.05, 0.1) is 33.1 Å². The molecule has 0 N–H and O–H groups in total. The first kappa shape index (κ1) is 25.8. The van der Waals surface area contributed by atoms with E-state index in [1.54, 1.807) is 0 Å². The molecule has 0 atom stereocenters. The normalized spacial score (nSPS) is 11.8. The molecule has 0 amide bonds. The van der Waals surface area contributed by atoms with Crippen molar-refractivity contribution >= 4 is 54.8 Å². The fourth-order valence-electron chi connectivity index (χ4n) is 6.94. The second-order valence-corrected chi connectivity index (χ2v) is 11.7. The Morgan fingerprint density at radius 1 is 0.511 bits per heavy atom. The quantitative estimate of drug-likeness (QED) is 0.201. The summed E-state index contributed by atoms with van der Waals surface area (Å²) in [6.07, 6.45) is 1.84. The van der Waals surface area contributed by atoms with Gasteiger partial charge in [0.2, 0.25) is 5.95 Å². The number of nitrogens with zero attached hydrogens (tertiary/aromatic N) is 5. The third-order valence-corrected chi connectivity index (χ3v) is 9.01. The van der Waals surface area contributed by atoms with Crippen molar-refractivity contribution < 1.29 is 4.42 Å². The molecule has 0 aliphatic heterocycles. The first-order valence-electron chi connectivity index (χ1n) is 15.6. The van der Waals surface area contributed by atoms with E-state index in [1.165, 1.54) is 0 Å². The summed E-state index contributed by atoms with van der Waals surface area (Å²) in [6, 6.07) is 49.9. The predicted octanol–water partition coefficient (Wildman–Crippen LogP) is 10.1. The van der Waals surface area contributed by atoms with Crippen LogP contribution < -0.4 is 0 Å². The van der Waals surface area contributed by atoms with Crippen molar-refractivity contribution in [2.24, 2.45) is 0 Å².